The van der Waals surface area contributed by atoms with E-state index in [4.69, 9.17) is 0 Å². The smallest absolute Gasteiger partial charge is 0.225 e. The number of aromatic nitrogens is 2. The first-order chi connectivity index (χ1) is 12.0. The molecule has 1 N–H and O–H groups in total. The van der Waals surface area contributed by atoms with E-state index < -0.39 is 0 Å². The Bertz CT molecular complexity index is 900. The maximum absolute atomic E-state index is 12.4. The van der Waals surface area contributed by atoms with Crippen LogP contribution in [0.5, 0.6) is 0 Å². The minimum Gasteiger partial charge on any atom is -0.350 e. The van der Waals surface area contributed by atoms with Crippen LogP contribution in [0.25, 0.3) is 10.8 Å². The van der Waals surface area contributed by atoms with Gasteiger partial charge in [-0.3, -0.25) is 4.79 Å². The molecule has 0 bridgehead atoms. The Labute approximate surface area is 147 Å². The highest BCUT2D eigenvalue weighted by Gasteiger charge is 2.09. The van der Waals surface area contributed by atoms with Gasteiger partial charge in [-0.2, -0.15) is 0 Å². The summed E-state index contributed by atoms with van der Waals surface area (Å²) in [6, 6.07) is 16.1. The van der Waals surface area contributed by atoms with Gasteiger partial charge in [-0.25, -0.2) is 9.97 Å². The van der Waals surface area contributed by atoms with Gasteiger partial charge in [0.05, 0.1) is 18.7 Å². The van der Waals surface area contributed by atoms with Crippen molar-refractivity contribution in [1.29, 1.82) is 0 Å². The molecule has 0 aliphatic carbocycles. The van der Waals surface area contributed by atoms with Crippen LogP contribution < -0.4 is 10.2 Å². The number of hydrogen-bond acceptors (Lipinski definition) is 4. The van der Waals surface area contributed by atoms with Crippen LogP contribution in [-0.4, -0.2) is 30.0 Å². The van der Waals surface area contributed by atoms with Gasteiger partial charge in [-0.1, -0.05) is 42.5 Å². The Hall–Kier alpha value is -2.95. The van der Waals surface area contributed by atoms with Gasteiger partial charge in [0.2, 0.25) is 11.9 Å². The van der Waals surface area contributed by atoms with Gasteiger partial charge in [0, 0.05) is 19.8 Å². The van der Waals surface area contributed by atoms with Crippen molar-refractivity contribution in [1.82, 2.24) is 15.3 Å². The molecule has 5 nitrogen and oxygen atoms in total. The summed E-state index contributed by atoms with van der Waals surface area (Å²) in [6.45, 7) is 2.32. The second-order valence-electron chi connectivity index (χ2n) is 6.29. The molecule has 0 saturated carbocycles. The average Bonchev–Trinajstić information content (AvgIpc) is 2.60. The van der Waals surface area contributed by atoms with Crippen LogP contribution >= 0.6 is 0 Å². The zero-order valence-corrected chi connectivity index (χ0v) is 14.8. The second kappa shape index (κ2) is 7.30. The number of nitrogens with one attached hydrogen (secondary N) is 1. The molecule has 1 amide bonds. The fourth-order valence-electron chi connectivity index (χ4n) is 2.78. The maximum atomic E-state index is 12.4. The third-order valence-corrected chi connectivity index (χ3v) is 3.99. The standard InChI is InChI=1S/C20H22N4O/c1-14-11-17(23-20(22-14)24(2)3)13-21-19(25)12-16-9-6-8-15-7-4-5-10-18(15)16/h4-11H,12-13H2,1-3H3,(H,21,25). The van der Waals surface area contributed by atoms with E-state index in [9.17, 15) is 4.79 Å². The van der Waals surface area contributed by atoms with Gasteiger partial charge in [-0.15, -0.1) is 0 Å². The van der Waals surface area contributed by atoms with Crippen molar-refractivity contribution < 1.29 is 4.79 Å². The number of nitrogens with zero attached hydrogens (tertiary/aromatic N) is 3. The summed E-state index contributed by atoms with van der Waals surface area (Å²) in [4.78, 5) is 23.1. The zero-order valence-electron chi connectivity index (χ0n) is 14.8. The molecular weight excluding hydrogens is 312 g/mol. The molecule has 0 aliphatic heterocycles. The van der Waals surface area contributed by atoms with Crippen LogP contribution in [0, 0.1) is 6.92 Å². The van der Waals surface area contributed by atoms with Gasteiger partial charge in [0.15, 0.2) is 0 Å². The predicted octanol–water partition coefficient (Wildman–Crippen LogP) is 2.86. The zero-order chi connectivity index (χ0) is 17.8. The van der Waals surface area contributed by atoms with E-state index in [1.165, 1.54) is 0 Å². The van der Waals surface area contributed by atoms with Crippen molar-refractivity contribution in [2.24, 2.45) is 0 Å². The van der Waals surface area contributed by atoms with Crippen molar-refractivity contribution in [3.8, 4) is 0 Å². The van der Waals surface area contributed by atoms with Crippen molar-refractivity contribution in [3.05, 3.63) is 65.5 Å². The summed E-state index contributed by atoms with van der Waals surface area (Å²) in [5.41, 5.74) is 2.72. The van der Waals surface area contributed by atoms with E-state index in [1.807, 2.05) is 56.3 Å². The summed E-state index contributed by atoms with van der Waals surface area (Å²) in [5.74, 6) is 0.636. The van der Waals surface area contributed by atoms with Crippen LogP contribution in [0.4, 0.5) is 5.95 Å². The fourth-order valence-corrected chi connectivity index (χ4v) is 2.78. The number of amides is 1. The van der Waals surface area contributed by atoms with Crippen LogP contribution in [0.3, 0.4) is 0 Å². The van der Waals surface area contributed by atoms with Crippen LogP contribution in [0.15, 0.2) is 48.5 Å². The molecule has 2 aromatic carbocycles. The number of benzene rings is 2. The average molecular weight is 334 g/mol. The molecule has 0 fully saturated rings. The Morgan fingerprint density at radius 3 is 2.64 bits per heavy atom. The summed E-state index contributed by atoms with van der Waals surface area (Å²) >= 11 is 0. The van der Waals surface area contributed by atoms with E-state index >= 15 is 0 Å². The first kappa shape index (κ1) is 16.9. The van der Waals surface area contributed by atoms with Gasteiger partial charge >= 0.3 is 0 Å². The molecule has 1 aromatic heterocycles. The highest BCUT2D eigenvalue weighted by molar-refractivity contribution is 5.90. The van der Waals surface area contributed by atoms with Crippen molar-refractivity contribution in [3.63, 3.8) is 0 Å². The molecule has 128 valence electrons. The third-order valence-electron chi connectivity index (χ3n) is 3.99. The highest BCUT2D eigenvalue weighted by atomic mass is 16.1. The first-order valence-corrected chi connectivity index (χ1v) is 8.28. The molecule has 25 heavy (non-hydrogen) atoms. The molecule has 0 unspecified atom stereocenters. The number of carbonyl (C=O) groups is 1. The predicted molar refractivity (Wildman–Crippen MR) is 101 cm³/mol. The Morgan fingerprint density at radius 1 is 1.08 bits per heavy atom. The van der Waals surface area contributed by atoms with Crippen LogP contribution in [-0.2, 0) is 17.8 Å². The quantitative estimate of drug-likeness (QED) is 0.779. The minimum absolute atomic E-state index is 0.0148. The van der Waals surface area contributed by atoms with Crippen molar-refractivity contribution in [2.75, 3.05) is 19.0 Å². The van der Waals surface area contributed by atoms with E-state index in [1.54, 1.807) is 0 Å². The molecule has 0 aliphatic rings. The second-order valence-corrected chi connectivity index (χ2v) is 6.29. The van der Waals surface area contributed by atoms with Gasteiger partial charge in [0.1, 0.15) is 0 Å². The molecule has 0 radical (unpaired) electrons. The highest BCUT2D eigenvalue weighted by Crippen LogP contribution is 2.18. The van der Waals surface area contributed by atoms with Gasteiger partial charge < -0.3 is 10.2 Å². The summed E-state index contributed by atoms with van der Waals surface area (Å²) in [6.07, 6.45) is 0.353. The van der Waals surface area contributed by atoms with E-state index in [0.29, 0.717) is 18.9 Å². The molecule has 0 atom stereocenters. The lowest BCUT2D eigenvalue weighted by molar-refractivity contribution is -0.120. The summed E-state index contributed by atoms with van der Waals surface area (Å²) in [7, 11) is 3.80. The number of fused-ring (bicyclic) bond motifs is 1. The van der Waals surface area contributed by atoms with Crippen molar-refractivity contribution in [2.45, 2.75) is 19.9 Å². The van der Waals surface area contributed by atoms with E-state index in [0.717, 1.165) is 27.7 Å². The van der Waals surface area contributed by atoms with Gasteiger partial charge in [0.25, 0.3) is 0 Å². The Morgan fingerprint density at radius 2 is 1.84 bits per heavy atom. The normalized spacial score (nSPS) is 10.7. The number of anilines is 1. The number of aryl methyl sites for hydroxylation is 1. The molecule has 3 rings (SSSR count). The van der Waals surface area contributed by atoms with Crippen LogP contribution in [0.2, 0.25) is 0 Å². The molecule has 0 spiro atoms. The molecule has 3 aromatic rings. The Kier molecular flexibility index (Phi) is 4.93. The lowest BCUT2D eigenvalue weighted by Crippen LogP contribution is -2.25. The third kappa shape index (κ3) is 4.12. The van der Waals surface area contributed by atoms with E-state index in [2.05, 4.69) is 33.5 Å². The molecular formula is C20H22N4O. The van der Waals surface area contributed by atoms with Crippen LogP contribution in [0.1, 0.15) is 17.0 Å². The summed E-state index contributed by atoms with van der Waals surface area (Å²) in [5, 5.41) is 5.22. The Balaban J connectivity index is 1.69. The van der Waals surface area contributed by atoms with Crippen molar-refractivity contribution >= 4 is 22.6 Å². The van der Waals surface area contributed by atoms with E-state index in [-0.39, 0.29) is 5.91 Å². The number of hydrogen-bond donors (Lipinski definition) is 1. The number of carbonyl (C=O) groups excluding carboxylic acids is 1. The van der Waals surface area contributed by atoms with Gasteiger partial charge in [-0.05, 0) is 29.3 Å². The monoisotopic (exact) mass is 334 g/mol. The lowest BCUT2D eigenvalue weighted by atomic mass is 10.0. The minimum atomic E-state index is -0.0148. The molecule has 5 heteroatoms. The first-order valence-electron chi connectivity index (χ1n) is 8.28. The fraction of sp³-hybridized carbons (Fsp3) is 0.250. The topological polar surface area (TPSA) is 58.1 Å². The number of rotatable bonds is 5. The largest absolute Gasteiger partial charge is 0.350 e. The molecule has 1 heterocycles. The SMILES string of the molecule is Cc1cc(CNC(=O)Cc2cccc3ccccc23)nc(N(C)C)n1. The molecule has 0 saturated heterocycles. The lowest BCUT2D eigenvalue weighted by Gasteiger charge is -2.13. The summed E-state index contributed by atoms with van der Waals surface area (Å²) < 4.78 is 0. The maximum Gasteiger partial charge on any atom is 0.225 e.